The fourth-order valence-electron chi connectivity index (χ4n) is 1.86. The minimum Gasteiger partial charge on any atom is -0.495 e. The van der Waals surface area contributed by atoms with Crippen LogP contribution in [0.15, 0.2) is 16.6 Å². The SMILES string of the molecule is COc1cc(-c2nn(C)c(OC(F)F)c2Br)c(F)cc1C#N. The predicted octanol–water partition coefficient (Wildman–Crippen LogP) is 3.47. The lowest BCUT2D eigenvalue weighted by atomic mass is 10.1. The predicted molar refractivity (Wildman–Crippen MR) is 74.2 cm³/mol. The molecule has 0 amide bonds. The van der Waals surface area contributed by atoms with Gasteiger partial charge in [0.1, 0.15) is 27.8 Å². The van der Waals surface area contributed by atoms with E-state index < -0.39 is 12.4 Å². The molecule has 0 spiro atoms. The Morgan fingerprint density at radius 3 is 2.64 bits per heavy atom. The second-order valence-electron chi connectivity index (χ2n) is 4.11. The first-order valence-corrected chi connectivity index (χ1v) is 6.63. The third kappa shape index (κ3) is 2.87. The molecule has 0 bridgehead atoms. The Hall–Kier alpha value is -2.21. The standard InChI is InChI=1S/C13H9BrF3N3O2/c1-20-12(22-13(16)17)10(14)11(19-20)7-4-9(21-2)6(5-18)3-8(7)15/h3-4,13H,1-2H3. The average Bonchev–Trinajstić information content (AvgIpc) is 2.74. The van der Waals surface area contributed by atoms with Gasteiger partial charge in [-0.1, -0.05) is 0 Å². The summed E-state index contributed by atoms with van der Waals surface area (Å²) in [4.78, 5) is 0. The van der Waals surface area contributed by atoms with Crippen LogP contribution in [0.2, 0.25) is 0 Å². The first-order chi connectivity index (χ1) is 10.4. The Labute approximate surface area is 132 Å². The van der Waals surface area contributed by atoms with Crippen LogP contribution in [0.1, 0.15) is 5.56 Å². The molecule has 2 rings (SSSR count). The van der Waals surface area contributed by atoms with Crippen molar-refractivity contribution < 1.29 is 22.6 Å². The van der Waals surface area contributed by atoms with E-state index in [2.05, 4.69) is 25.8 Å². The van der Waals surface area contributed by atoms with E-state index in [0.29, 0.717) is 0 Å². The van der Waals surface area contributed by atoms with Gasteiger partial charge in [-0.15, -0.1) is 0 Å². The first kappa shape index (κ1) is 16.2. The average molecular weight is 376 g/mol. The monoisotopic (exact) mass is 375 g/mol. The van der Waals surface area contributed by atoms with Crippen molar-refractivity contribution in [2.24, 2.45) is 7.05 Å². The van der Waals surface area contributed by atoms with Crippen molar-refractivity contribution in [3.63, 3.8) is 0 Å². The van der Waals surface area contributed by atoms with E-state index in [1.807, 2.05) is 0 Å². The zero-order valence-electron chi connectivity index (χ0n) is 11.4. The van der Waals surface area contributed by atoms with E-state index in [1.165, 1.54) is 20.2 Å². The third-order valence-electron chi connectivity index (χ3n) is 2.81. The van der Waals surface area contributed by atoms with E-state index in [-0.39, 0.29) is 32.9 Å². The number of nitrogens with zero attached hydrogens (tertiary/aromatic N) is 3. The van der Waals surface area contributed by atoms with E-state index >= 15 is 0 Å². The molecule has 2 aromatic rings. The molecular formula is C13H9BrF3N3O2. The van der Waals surface area contributed by atoms with Crippen molar-refractivity contribution in [2.45, 2.75) is 6.61 Å². The molecule has 0 aliphatic carbocycles. The minimum absolute atomic E-state index is 0.0116. The van der Waals surface area contributed by atoms with Gasteiger partial charge in [0.05, 0.1) is 12.7 Å². The Morgan fingerprint density at radius 2 is 2.09 bits per heavy atom. The quantitative estimate of drug-likeness (QED) is 0.820. The highest BCUT2D eigenvalue weighted by Crippen LogP contribution is 2.38. The topological polar surface area (TPSA) is 60.1 Å². The van der Waals surface area contributed by atoms with Crippen LogP contribution in [0.5, 0.6) is 11.6 Å². The molecule has 0 atom stereocenters. The maximum absolute atomic E-state index is 14.2. The number of benzene rings is 1. The van der Waals surface area contributed by atoms with Crippen molar-refractivity contribution in [3.05, 3.63) is 28.0 Å². The lowest BCUT2D eigenvalue weighted by molar-refractivity contribution is -0.0558. The zero-order valence-corrected chi connectivity index (χ0v) is 13.0. The van der Waals surface area contributed by atoms with Gasteiger partial charge < -0.3 is 9.47 Å². The minimum atomic E-state index is -3.04. The Bertz CT molecular complexity index is 756. The summed E-state index contributed by atoms with van der Waals surface area (Å²) in [5, 5.41) is 12.9. The summed E-state index contributed by atoms with van der Waals surface area (Å²) in [7, 11) is 2.71. The molecule has 0 unspecified atom stereocenters. The van der Waals surface area contributed by atoms with Gasteiger partial charge in [-0.05, 0) is 28.1 Å². The number of ether oxygens (including phenoxy) is 2. The second-order valence-corrected chi connectivity index (χ2v) is 4.91. The number of hydrogen-bond donors (Lipinski definition) is 0. The second kappa shape index (κ2) is 6.27. The van der Waals surface area contributed by atoms with Crippen LogP contribution in [0.4, 0.5) is 13.2 Å². The molecule has 0 radical (unpaired) electrons. The summed E-state index contributed by atoms with van der Waals surface area (Å²) in [6.07, 6.45) is 0. The van der Waals surface area contributed by atoms with Crippen molar-refractivity contribution in [2.75, 3.05) is 7.11 Å². The fourth-order valence-corrected chi connectivity index (χ4v) is 2.50. The van der Waals surface area contributed by atoms with Crippen LogP contribution in [0.25, 0.3) is 11.3 Å². The molecule has 0 saturated heterocycles. The van der Waals surface area contributed by atoms with E-state index in [0.717, 1.165) is 10.7 Å². The lowest BCUT2D eigenvalue weighted by Gasteiger charge is -2.07. The molecule has 0 aliphatic heterocycles. The largest absolute Gasteiger partial charge is 0.495 e. The number of alkyl halides is 2. The summed E-state index contributed by atoms with van der Waals surface area (Å²) in [6, 6.07) is 4.06. The van der Waals surface area contributed by atoms with Crippen molar-refractivity contribution in [1.29, 1.82) is 5.26 Å². The number of hydrogen-bond acceptors (Lipinski definition) is 4. The van der Waals surface area contributed by atoms with Crippen molar-refractivity contribution in [3.8, 4) is 29.0 Å². The highest BCUT2D eigenvalue weighted by atomic mass is 79.9. The third-order valence-corrected chi connectivity index (χ3v) is 3.52. The van der Waals surface area contributed by atoms with Crippen molar-refractivity contribution >= 4 is 15.9 Å². The molecule has 1 aromatic heterocycles. The van der Waals surface area contributed by atoms with E-state index in [4.69, 9.17) is 10.00 Å². The molecule has 0 N–H and O–H groups in total. The first-order valence-electron chi connectivity index (χ1n) is 5.84. The summed E-state index contributed by atoms with van der Waals surface area (Å²) in [6.45, 7) is -3.04. The van der Waals surface area contributed by atoms with Gasteiger partial charge in [-0.3, -0.25) is 0 Å². The van der Waals surface area contributed by atoms with Gasteiger partial charge in [0.25, 0.3) is 0 Å². The zero-order chi connectivity index (χ0) is 16.4. The Kier molecular flexibility index (Phi) is 4.61. The van der Waals surface area contributed by atoms with Gasteiger partial charge in [0.15, 0.2) is 0 Å². The van der Waals surface area contributed by atoms with E-state index in [1.54, 1.807) is 6.07 Å². The maximum atomic E-state index is 14.2. The molecular weight excluding hydrogens is 367 g/mol. The molecule has 116 valence electrons. The van der Waals surface area contributed by atoms with Gasteiger partial charge in [-0.25, -0.2) is 9.07 Å². The highest BCUT2D eigenvalue weighted by Gasteiger charge is 2.23. The van der Waals surface area contributed by atoms with Crippen LogP contribution in [-0.4, -0.2) is 23.5 Å². The molecule has 0 aliphatic rings. The molecule has 22 heavy (non-hydrogen) atoms. The van der Waals surface area contributed by atoms with Crippen LogP contribution in [0.3, 0.4) is 0 Å². The van der Waals surface area contributed by atoms with Crippen LogP contribution in [0, 0.1) is 17.1 Å². The highest BCUT2D eigenvalue weighted by molar-refractivity contribution is 9.10. The normalized spacial score (nSPS) is 10.6. The number of halogens is 4. The van der Waals surface area contributed by atoms with Crippen LogP contribution in [-0.2, 0) is 7.05 Å². The van der Waals surface area contributed by atoms with E-state index in [9.17, 15) is 13.2 Å². The molecule has 1 aromatic carbocycles. The van der Waals surface area contributed by atoms with Gasteiger partial charge in [-0.2, -0.15) is 19.1 Å². The number of aromatic nitrogens is 2. The maximum Gasteiger partial charge on any atom is 0.388 e. The summed E-state index contributed by atoms with van der Waals surface area (Å²) >= 11 is 3.07. The summed E-state index contributed by atoms with van der Waals surface area (Å²) < 4.78 is 49.4. The van der Waals surface area contributed by atoms with Crippen molar-refractivity contribution in [1.82, 2.24) is 9.78 Å². The molecule has 5 nitrogen and oxygen atoms in total. The summed E-state index contributed by atoms with van der Waals surface area (Å²) in [5.41, 5.74) is 0.0562. The van der Waals surface area contributed by atoms with Gasteiger partial charge in [0.2, 0.25) is 5.88 Å². The van der Waals surface area contributed by atoms with Gasteiger partial charge >= 0.3 is 6.61 Å². The smallest absolute Gasteiger partial charge is 0.388 e. The molecule has 9 heteroatoms. The lowest BCUT2D eigenvalue weighted by Crippen LogP contribution is -2.06. The number of aryl methyl sites for hydroxylation is 1. The van der Waals surface area contributed by atoms with Crippen LogP contribution >= 0.6 is 15.9 Å². The molecule has 0 saturated carbocycles. The Balaban J connectivity index is 2.60. The number of methoxy groups -OCH3 is 1. The fraction of sp³-hybridized carbons (Fsp3) is 0.231. The van der Waals surface area contributed by atoms with Crippen LogP contribution < -0.4 is 9.47 Å². The molecule has 1 heterocycles. The molecule has 0 fully saturated rings. The summed E-state index contributed by atoms with van der Waals surface area (Å²) in [5.74, 6) is -0.833. The van der Waals surface area contributed by atoms with Gasteiger partial charge in [0, 0.05) is 12.6 Å². The number of nitriles is 1. The number of rotatable bonds is 4. The Morgan fingerprint density at radius 1 is 1.41 bits per heavy atom.